The summed E-state index contributed by atoms with van der Waals surface area (Å²) in [6, 6.07) is 8.84. The fourth-order valence-electron chi connectivity index (χ4n) is 4.02. The van der Waals surface area contributed by atoms with Crippen LogP contribution in [0.5, 0.6) is 0 Å². The molecule has 0 aliphatic carbocycles. The second kappa shape index (κ2) is 9.42. The number of anilines is 3. The van der Waals surface area contributed by atoms with Gasteiger partial charge < -0.3 is 15.4 Å². The first-order valence-corrected chi connectivity index (χ1v) is 12.2. The van der Waals surface area contributed by atoms with Crippen LogP contribution in [0.15, 0.2) is 41.6 Å². The van der Waals surface area contributed by atoms with E-state index in [1.54, 1.807) is 24.3 Å². The number of rotatable bonds is 4. The zero-order chi connectivity index (χ0) is 23.8. The lowest BCUT2D eigenvalue weighted by molar-refractivity contribution is 0.0599. The maximum absolute atomic E-state index is 13.1. The summed E-state index contributed by atoms with van der Waals surface area (Å²) in [5, 5.41) is 7.80. The summed E-state index contributed by atoms with van der Waals surface area (Å²) in [5.74, 6) is -0.0312. The molecule has 1 aromatic heterocycles. The smallest absolute Gasteiger partial charge is 0.338 e. The Kier molecular flexibility index (Phi) is 6.35. The van der Waals surface area contributed by atoms with E-state index in [0.29, 0.717) is 55.9 Å². The van der Waals surface area contributed by atoms with E-state index < -0.39 is 5.97 Å². The number of hydrogen-bond acceptors (Lipinski definition) is 8. The molecule has 11 heteroatoms. The van der Waals surface area contributed by atoms with Crippen molar-refractivity contribution in [1.29, 1.82) is 0 Å². The molecule has 0 saturated heterocycles. The number of fused-ring (bicyclic) bond motifs is 2. The van der Waals surface area contributed by atoms with Gasteiger partial charge >= 0.3 is 5.97 Å². The summed E-state index contributed by atoms with van der Waals surface area (Å²) in [6.45, 7) is 1.44. The summed E-state index contributed by atoms with van der Waals surface area (Å²) >= 11 is 14.0. The summed E-state index contributed by atoms with van der Waals surface area (Å²) in [5.41, 5.74) is 4.02. The predicted molar refractivity (Wildman–Crippen MR) is 133 cm³/mol. The van der Waals surface area contributed by atoms with Crippen LogP contribution in [0.25, 0.3) is 0 Å². The van der Waals surface area contributed by atoms with Gasteiger partial charge in [0.2, 0.25) is 5.95 Å². The van der Waals surface area contributed by atoms with Gasteiger partial charge in [0.25, 0.3) is 5.91 Å². The van der Waals surface area contributed by atoms with Crippen molar-refractivity contribution in [3.8, 4) is 0 Å². The van der Waals surface area contributed by atoms with Crippen LogP contribution >= 0.6 is 35.0 Å². The van der Waals surface area contributed by atoms with Gasteiger partial charge in [-0.2, -0.15) is 0 Å². The summed E-state index contributed by atoms with van der Waals surface area (Å²) in [6.07, 6.45) is 2.28. The SMILES string of the molecule is COC(=O)c1cc(Nc2ncc3c(n2)SCN(c2c(Cl)cccc2Cl)C3=O)cc2c1CNCC2. The van der Waals surface area contributed by atoms with Crippen LogP contribution in [0.1, 0.15) is 31.8 Å². The third-order valence-electron chi connectivity index (χ3n) is 5.64. The molecule has 3 heterocycles. The zero-order valence-electron chi connectivity index (χ0n) is 18.0. The minimum atomic E-state index is -0.394. The number of thioether (sulfide) groups is 1. The second-order valence-electron chi connectivity index (χ2n) is 7.69. The van der Waals surface area contributed by atoms with Crippen molar-refractivity contribution < 1.29 is 14.3 Å². The molecular formula is C23H19Cl2N5O3S. The molecule has 0 saturated carbocycles. The Balaban J connectivity index is 1.43. The lowest BCUT2D eigenvalue weighted by Gasteiger charge is -2.28. The molecule has 2 N–H and O–H groups in total. The van der Waals surface area contributed by atoms with E-state index in [4.69, 9.17) is 27.9 Å². The highest BCUT2D eigenvalue weighted by Gasteiger charge is 2.30. The highest BCUT2D eigenvalue weighted by Crippen LogP contribution is 2.39. The Morgan fingerprint density at radius 1 is 1.26 bits per heavy atom. The lowest BCUT2D eigenvalue weighted by atomic mass is 9.95. The molecule has 2 aliphatic rings. The summed E-state index contributed by atoms with van der Waals surface area (Å²) < 4.78 is 4.97. The van der Waals surface area contributed by atoms with E-state index in [2.05, 4.69) is 20.6 Å². The van der Waals surface area contributed by atoms with Crippen molar-refractivity contribution >= 4 is 64.2 Å². The molecular weight excluding hydrogens is 497 g/mol. The van der Waals surface area contributed by atoms with Gasteiger partial charge in [0.05, 0.1) is 39.8 Å². The van der Waals surface area contributed by atoms with E-state index in [1.807, 2.05) is 6.07 Å². The van der Waals surface area contributed by atoms with E-state index in [0.717, 1.165) is 24.1 Å². The Bertz CT molecular complexity index is 1300. The zero-order valence-corrected chi connectivity index (χ0v) is 20.4. The quantitative estimate of drug-likeness (QED) is 0.382. The fourth-order valence-corrected chi connectivity index (χ4v) is 5.57. The van der Waals surface area contributed by atoms with Gasteiger partial charge in [0.1, 0.15) is 5.03 Å². The van der Waals surface area contributed by atoms with Crippen LogP contribution in [-0.2, 0) is 17.7 Å². The highest BCUT2D eigenvalue weighted by molar-refractivity contribution is 7.99. The Hall–Kier alpha value is -2.85. The molecule has 0 bridgehead atoms. The van der Waals surface area contributed by atoms with E-state index in [9.17, 15) is 9.59 Å². The average Bonchev–Trinajstić information content (AvgIpc) is 2.84. The number of nitrogens with zero attached hydrogens (tertiary/aromatic N) is 3. The Labute approximate surface area is 210 Å². The van der Waals surface area contributed by atoms with Crippen LogP contribution in [0.2, 0.25) is 10.0 Å². The van der Waals surface area contributed by atoms with Crippen molar-refractivity contribution in [2.45, 2.75) is 18.0 Å². The number of methoxy groups -OCH3 is 1. The number of esters is 1. The number of amides is 1. The van der Waals surface area contributed by atoms with Gasteiger partial charge in [-0.25, -0.2) is 14.8 Å². The van der Waals surface area contributed by atoms with E-state index in [-0.39, 0.29) is 5.91 Å². The fraction of sp³-hybridized carbons (Fsp3) is 0.217. The van der Waals surface area contributed by atoms with Gasteiger partial charge in [-0.3, -0.25) is 9.69 Å². The van der Waals surface area contributed by atoms with Crippen molar-refractivity contribution in [2.75, 3.05) is 29.7 Å². The molecule has 1 amide bonds. The highest BCUT2D eigenvalue weighted by atomic mass is 35.5. The number of nitrogens with one attached hydrogen (secondary N) is 2. The van der Waals surface area contributed by atoms with Gasteiger partial charge in [0, 0.05) is 18.4 Å². The third-order valence-corrected chi connectivity index (χ3v) is 7.23. The lowest BCUT2D eigenvalue weighted by Crippen LogP contribution is -2.35. The average molecular weight is 516 g/mol. The second-order valence-corrected chi connectivity index (χ2v) is 9.44. The molecule has 34 heavy (non-hydrogen) atoms. The van der Waals surface area contributed by atoms with Crippen LogP contribution in [0, 0.1) is 0 Å². The first-order valence-electron chi connectivity index (χ1n) is 10.4. The van der Waals surface area contributed by atoms with Gasteiger partial charge in [-0.05, 0) is 48.4 Å². The molecule has 5 rings (SSSR count). The Morgan fingerprint density at radius 3 is 2.82 bits per heavy atom. The van der Waals surface area contributed by atoms with Crippen molar-refractivity contribution in [3.63, 3.8) is 0 Å². The number of aromatic nitrogens is 2. The number of hydrogen-bond donors (Lipinski definition) is 2. The molecule has 0 fully saturated rings. The first-order chi connectivity index (χ1) is 16.5. The standard InChI is InChI=1S/C23H19Cl2N5O3S/c1-33-22(32)14-8-13(7-12-5-6-26-9-15(12)14)28-23-27-10-16-20(29-23)34-11-30(21(16)31)19-17(24)3-2-4-18(19)25/h2-4,7-8,10,26H,5-6,9,11H2,1H3,(H,27,28,29). The number of ether oxygens (including phenoxy) is 1. The Morgan fingerprint density at radius 2 is 2.06 bits per heavy atom. The molecule has 3 aromatic rings. The van der Waals surface area contributed by atoms with E-state index in [1.165, 1.54) is 30.0 Å². The summed E-state index contributed by atoms with van der Waals surface area (Å²) in [7, 11) is 1.37. The normalized spacial score (nSPS) is 14.9. The van der Waals surface area contributed by atoms with Crippen LogP contribution < -0.4 is 15.5 Å². The largest absolute Gasteiger partial charge is 0.465 e. The van der Waals surface area contributed by atoms with Crippen LogP contribution in [-0.4, -0.2) is 41.4 Å². The predicted octanol–water partition coefficient (Wildman–Crippen LogP) is 4.67. The molecule has 0 unspecified atom stereocenters. The molecule has 0 atom stereocenters. The monoisotopic (exact) mass is 515 g/mol. The first kappa shape index (κ1) is 22.9. The maximum Gasteiger partial charge on any atom is 0.338 e. The van der Waals surface area contributed by atoms with Crippen molar-refractivity contribution in [1.82, 2.24) is 15.3 Å². The molecule has 8 nitrogen and oxygen atoms in total. The number of para-hydroxylation sites is 1. The minimum Gasteiger partial charge on any atom is -0.465 e. The number of benzene rings is 2. The maximum atomic E-state index is 13.1. The molecule has 0 radical (unpaired) electrons. The molecule has 0 spiro atoms. The van der Waals surface area contributed by atoms with Crippen LogP contribution in [0.4, 0.5) is 17.3 Å². The van der Waals surface area contributed by atoms with Crippen molar-refractivity contribution in [2.24, 2.45) is 0 Å². The van der Waals surface area contributed by atoms with Gasteiger partial charge in [-0.1, -0.05) is 41.0 Å². The molecule has 174 valence electrons. The van der Waals surface area contributed by atoms with E-state index >= 15 is 0 Å². The molecule has 2 aromatic carbocycles. The minimum absolute atomic E-state index is 0.274. The van der Waals surface area contributed by atoms with Crippen molar-refractivity contribution in [3.05, 3.63) is 68.8 Å². The number of carbonyl (C=O) groups is 2. The number of carbonyl (C=O) groups excluding carboxylic acids is 2. The van der Waals surface area contributed by atoms with Crippen LogP contribution in [0.3, 0.4) is 0 Å². The summed E-state index contributed by atoms with van der Waals surface area (Å²) in [4.78, 5) is 35.9. The topological polar surface area (TPSA) is 96.4 Å². The van der Waals surface area contributed by atoms with Gasteiger partial charge in [0.15, 0.2) is 0 Å². The molecule has 2 aliphatic heterocycles. The number of halogens is 2. The van der Waals surface area contributed by atoms with Gasteiger partial charge in [-0.15, -0.1) is 0 Å². The third kappa shape index (κ3) is 4.20.